The van der Waals surface area contributed by atoms with E-state index < -0.39 is 0 Å². The lowest BCUT2D eigenvalue weighted by molar-refractivity contribution is -0.685. The normalized spacial score (nSPS) is 10.8. The molecule has 0 atom stereocenters. The number of imidazole rings is 1. The Morgan fingerprint density at radius 2 is 2.56 bits per heavy atom. The molecule has 0 fully saturated rings. The first-order valence-corrected chi connectivity index (χ1v) is 3.06. The van der Waals surface area contributed by atoms with Crippen LogP contribution in [0.4, 0.5) is 0 Å². The van der Waals surface area contributed by atoms with E-state index in [1.165, 1.54) is 0 Å². The van der Waals surface area contributed by atoms with E-state index in [1.54, 1.807) is 0 Å². The fourth-order valence-corrected chi connectivity index (χ4v) is 0.661. The summed E-state index contributed by atoms with van der Waals surface area (Å²) < 4.78 is 2.07. The van der Waals surface area contributed by atoms with Crippen molar-refractivity contribution in [1.29, 1.82) is 0 Å². The average molecular weight is 123 g/mol. The van der Waals surface area contributed by atoms with Crippen LogP contribution in [-0.4, -0.2) is 4.98 Å². The predicted octanol–water partition coefficient (Wildman–Crippen LogP) is 0.878. The Labute approximate surface area is 54.8 Å². The number of aromatic nitrogens is 2. The van der Waals surface area contributed by atoms with E-state index in [-0.39, 0.29) is 0 Å². The van der Waals surface area contributed by atoms with E-state index in [0.29, 0.717) is 0 Å². The topological polar surface area (TPSA) is 19.7 Å². The highest BCUT2D eigenvalue weighted by molar-refractivity contribution is 4.72. The molecule has 0 spiro atoms. The molecule has 48 valence electrons. The number of aromatic amines is 1. The van der Waals surface area contributed by atoms with Crippen molar-refractivity contribution in [2.45, 2.75) is 13.5 Å². The standard InChI is InChI=1S/C7H10N2/c1-2-3-5-9-6-4-8-7-9/h2-4,6-7H,5H2,1H3/p+1. The Morgan fingerprint density at radius 3 is 3.11 bits per heavy atom. The largest absolute Gasteiger partial charge is 0.250 e. The third kappa shape index (κ3) is 1.72. The smallest absolute Gasteiger partial charge is 0.241 e. The number of H-pyrrole nitrogens is 1. The van der Waals surface area contributed by atoms with Crippen molar-refractivity contribution >= 4 is 0 Å². The summed E-state index contributed by atoms with van der Waals surface area (Å²) in [6, 6.07) is 0. The van der Waals surface area contributed by atoms with Crippen molar-refractivity contribution in [3.63, 3.8) is 0 Å². The molecule has 0 aromatic carbocycles. The summed E-state index contributed by atoms with van der Waals surface area (Å²) in [7, 11) is 0. The molecule has 0 radical (unpaired) electrons. The first-order valence-electron chi connectivity index (χ1n) is 3.06. The van der Waals surface area contributed by atoms with Crippen LogP contribution in [0.2, 0.25) is 0 Å². The van der Waals surface area contributed by atoms with Crippen LogP contribution in [0.1, 0.15) is 6.92 Å². The SMILES string of the molecule is CC=CC[n+]1cc[nH]c1. The van der Waals surface area contributed by atoms with E-state index in [9.17, 15) is 0 Å². The van der Waals surface area contributed by atoms with Gasteiger partial charge in [-0.2, -0.15) is 0 Å². The minimum Gasteiger partial charge on any atom is -0.250 e. The van der Waals surface area contributed by atoms with Gasteiger partial charge >= 0.3 is 0 Å². The molecule has 0 bridgehead atoms. The molecule has 0 saturated carbocycles. The maximum atomic E-state index is 2.97. The zero-order chi connectivity index (χ0) is 6.53. The van der Waals surface area contributed by atoms with Gasteiger partial charge in [0.05, 0.1) is 0 Å². The summed E-state index contributed by atoms with van der Waals surface area (Å²) in [6.07, 6.45) is 9.98. The highest BCUT2D eigenvalue weighted by Gasteiger charge is 1.88. The first-order chi connectivity index (χ1) is 4.43. The van der Waals surface area contributed by atoms with Gasteiger partial charge in [-0.25, -0.2) is 4.57 Å². The lowest BCUT2D eigenvalue weighted by Gasteiger charge is -1.83. The third-order valence-electron chi connectivity index (χ3n) is 1.15. The molecule has 1 rings (SSSR count). The van der Waals surface area contributed by atoms with Crippen LogP contribution in [-0.2, 0) is 6.54 Å². The number of hydrogen-bond donors (Lipinski definition) is 1. The maximum absolute atomic E-state index is 2.97. The highest BCUT2D eigenvalue weighted by atomic mass is 15.0. The van der Waals surface area contributed by atoms with Crippen molar-refractivity contribution in [3.05, 3.63) is 30.9 Å². The van der Waals surface area contributed by atoms with Gasteiger partial charge < -0.3 is 0 Å². The fraction of sp³-hybridized carbons (Fsp3) is 0.286. The van der Waals surface area contributed by atoms with Crippen molar-refractivity contribution in [2.75, 3.05) is 0 Å². The van der Waals surface area contributed by atoms with E-state index in [4.69, 9.17) is 0 Å². The van der Waals surface area contributed by atoms with Gasteiger partial charge in [-0.1, -0.05) is 6.08 Å². The second kappa shape index (κ2) is 3.07. The summed E-state index contributed by atoms with van der Waals surface area (Å²) in [4.78, 5) is 2.97. The zero-order valence-corrected chi connectivity index (χ0v) is 5.54. The molecule has 2 nitrogen and oxygen atoms in total. The summed E-state index contributed by atoms with van der Waals surface area (Å²) in [6.45, 7) is 2.98. The Balaban J connectivity index is 2.48. The lowest BCUT2D eigenvalue weighted by atomic mass is 10.5. The average Bonchev–Trinajstić information content (AvgIpc) is 2.34. The molecule has 0 unspecified atom stereocenters. The molecule has 0 aliphatic carbocycles. The Morgan fingerprint density at radius 1 is 1.67 bits per heavy atom. The van der Waals surface area contributed by atoms with Crippen molar-refractivity contribution < 1.29 is 4.57 Å². The summed E-state index contributed by atoms with van der Waals surface area (Å²) in [5.74, 6) is 0. The lowest BCUT2D eigenvalue weighted by Crippen LogP contribution is -2.28. The van der Waals surface area contributed by atoms with Gasteiger partial charge in [0.25, 0.3) is 0 Å². The maximum Gasteiger partial charge on any atom is 0.241 e. The van der Waals surface area contributed by atoms with Crippen LogP contribution in [0.5, 0.6) is 0 Å². The van der Waals surface area contributed by atoms with Crippen LogP contribution in [0.25, 0.3) is 0 Å². The van der Waals surface area contributed by atoms with E-state index in [0.717, 1.165) is 6.54 Å². The molecule has 1 aromatic heterocycles. The molecule has 1 aromatic rings. The van der Waals surface area contributed by atoms with Crippen LogP contribution in [0, 0.1) is 0 Å². The quantitative estimate of drug-likeness (QED) is 0.445. The molecule has 0 aliphatic rings. The highest BCUT2D eigenvalue weighted by Crippen LogP contribution is 1.72. The van der Waals surface area contributed by atoms with Crippen molar-refractivity contribution in [3.8, 4) is 0 Å². The van der Waals surface area contributed by atoms with Gasteiger partial charge in [0, 0.05) is 0 Å². The molecule has 1 heterocycles. The van der Waals surface area contributed by atoms with Crippen LogP contribution >= 0.6 is 0 Å². The van der Waals surface area contributed by atoms with E-state index in [1.807, 2.05) is 31.7 Å². The van der Waals surface area contributed by atoms with Crippen LogP contribution in [0.3, 0.4) is 0 Å². The number of allylic oxidation sites excluding steroid dienone is 2. The second-order valence-electron chi connectivity index (χ2n) is 1.88. The van der Waals surface area contributed by atoms with E-state index in [2.05, 4.69) is 15.6 Å². The van der Waals surface area contributed by atoms with E-state index >= 15 is 0 Å². The minimum atomic E-state index is 0.958. The zero-order valence-electron chi connectivity index (χ0n) is 5.54. The number of hydrogen-bond acceptors (Lipinski definition) is 0. The molecule has 0 aliphatic heterocycles. The summed E-state index contributed by atoms with van der Waals surface area (Å²) >= 11 is 0. The molecule has 0 saturated heterocycles. The molecule has 2 heteroatoms. The van der Waals surface area contributed by atoms with Gasteiger partial charge in [0.15, 0.2) is 0 Å². The molecule has 1 N–H and O–H groups in total. The van der Waals surface area contributed by atoms with Gasteiger partial charge in [0.2, 0.25) is 6.33 Å². The van der Waals surface area contributed by atoms with Crippen molar-refractivity contribution in [1.82, 2.24) is 4.98 Å². The monoisotopic (exact) mass is 123 g/mol. The predicted molar refractivity (Wildman–Crippen MR) is 35.8 cm³/mol. The molecular formula is C7H11N2+. The van der Waals surface area contributed by atoms with Crippen LogP contribution in [0.15, 0.2) is 30.9 Å². The molecular weight excluding hydrogens is 112 g/mol. The fourth-order valence-electron chi connectivity index (χ4n) is 0.661. The first kappa shape index (κ1) is 6.08. The van der Waals surface area contributed by atoms with Gasteiger partial charge in [-0.05, 0) is 13.0 Å². The van der Waals surface area contributed by atoms with Gasteiger partial charge in [-0.15, -0.1) is 0 Å². The molecule has 0 amide bonds. The minimum absolute atomic E-state index is 0.958. The third-order valence-corrected chi connectivity index (χ3v) is 1.15. The summed E-state index contributed by atoms with van der Waals surface area (Å²) in [5.41, 5.74) is 0. The van der Waals surface area contributed by atoms with Gasteiger partial charge in [-0.3, -0.25) is 4.98 Å². The number of nitrogens with zero attached hydrogens (tertiary/aromatic N) is 1. The summed E-state index contributed by atoms with van der Waals surface area (Å²) in [5, 5.41) is 0. The Kier molecular flexibility index (Phi) is 2.07. The van der Waals surface area contributed by atoms with Crippen molar-refractivity contribution in [2.24, 2.45) is 0 Å². The van der Waals surface area contributed by atoms with Crippen LogP contribution < -0.4 is 4.57 Å². The number of rotatable bonds is 2. The second-order valence-corrected chi connectivity index (χ2v) is 1.88. The molecule has 9 heavy (non-hydrogen) atoms. The van der Waals surface area contributed by atoms with Gasteiger partial charge in [0.1, 0.15) is 18.9 Å². The Bertz CT molecular complexity index is 175. The Hall–Kier alpha value is -1.05. The number of nitrogens with one attached hydrogen (secondary N) is 1.